The van der Waals surface area contributed by atoms with E-state index in [0.29, 0.717) is 5.76 Å². The van der Waals surface area contributed by atoms with Crippen LogP contribution in [0.25, 0.3) is 11.3 Å². The molecule has 3 aromatic rings. The zero-order valence-electron chi connectivity index (χ0n) is 18.2. The lowest BCUT2D eigenvalue weighted by atomic mass is 10.1. The predicted molar refractivity (Wildman–Crippen MR) is 117 cm³/mol. The summed E-state index contributed by atoms with van der Waals surface area (Å²) in [6.45, 7) is 7.54. The van der Waals surface area contributed by atoms with Gasteiger partial charge in [0.25, 0.3) is 0 Å². The molecule has 164 valence electrons. The second-order valence-electron chi connectivity index (χ2n) is 7.83. The van der Waals surface area contributed by atoms with E-state index in [4.69, 9.17) is 14.0 Å². The van der Waals surface area contributed by atoms with Gasteiger partial charge in [-0.05, 0) is 48.9 Å². The van der Waals surface area contributed by atoms with Crippen molar-refractivity contribution >= 4 is 0 Å². The van der Waals surface area contributed by atoms with Gasteiger partial charge in [-0.1, -0.05) is 11.2 Å². The lowest BCUT2D eigenvalue weighted by molar-refractivity contribution is 0.120. The third kappa shape index (κ3) is 4.89. The first-order chi connectivity index (χ1) is 15.1. The molecule has 1 aliphatic rings. The van der Waals surface area contributed by atoms with Crippen molar-refractivity contribution in [2.75, 3.05) is 40.4 Å². The average molecular weight is 426 g/mol. The molecule has 6 nitrogen and oxygen atoms in total. The van der Waals surface area contributed by atoms with Crippen molar-refractivity contribution in [1.82, 2.24) is 15.0 Å². The van der Waals surface area contributed by atoms with Gasteiger partial charge in [0.15, 0.2) is 17.3 Å². The van der Waals surface area contributed by atoms with Crippen LogP contribution in [0.2, 0.25) is 0 Å². The minimum atomic E-state index is -0.257. The minimum absolute atomic E-state index is 0.257. The Bertz CT molecular complexity index is 1010. The van der Waals surface area contributed by atoms with Crippen molar-refractivity contribution in [2.45, 2.75) is 20.0 Å². The Balaban J connectivity index is 1.33. The molecule has 1 aromatic heterocycles. The molecule has 2 aromatic carbocycles. The van der Waals surface area contributed by atoms with Crippen LogP contribution in [-0.2, 0) is 13.1 Å². The van der Waals surface area contributed by atoms with Gasteiger partial charge < -0.3 is 14.0 Å². The maximum atomic E-state index is 13.2. The average Bonchev–Trinajstić information content (AvgIpc) is 3.15. The molecule has 0 aliphatic carbocycles. The zero-order valence-corrected chi connectivity index (χ0v) is 18.2. The van der Waals surface area contributed by atoms with Gasteiger partial charge in [0, 0.05) is 50.4 Å². The number of ether oxygens (including phenoxy) is 2. The monoisotopic (exact) mass is 425 g/mol. The van der Waals surface area contributed by atoms with Crippen molar-refractivity contribution in [3.63, 3.8) is 0 Å². The molecule has 1 saturated heterocycles. The second kappa shape index (κ2) is 9.49. The summed E-state index contributed by atoms with van der Waals surface area (Å²) in [6, 6.07) is 12.4. The van der Waals surface area contributed by atoms with Gasteiger partial charge in [-0.15, -0.1) is 0 Å². The molecule has 7 heteroatoms. The Hall–Kier alpha value is -2.90. The smallest absolute Gasteiger partial charge is 0.170 e. The fourth-order valence-electron chi connectivity index (χ4n) is 3.94. The number of halogens is 1. The Morgan fingerprint density at radius 1 is 0.903 bits per heavy atom. The van der Waals surface area contributed by atoms with E-state index in [1.165, 1.54) is 17.7 Å². The maximum Gasteiger partial charge on any atom is 0.170 e. The number of hydrogen-bond acceptors (Lipinski definition) is 6. The van der Waals surface area contributed by atoms with Crippen molar-refractivity contribution in [2.24, 2.45) is 0 Å². The molecule has 0 atom stereocenters. The van der Waals surface area contributed by atoms with Crippen LogP contribution in [-0.4, -0.2) is 55.4 Å². The number of benzene rings is 2. The standard InChI is InChI=1S/C24H28FN3O3/c1-17-21(26-31-24(17)19-5-7-20(25)8-6-19)16-28-12-10-27(11-13-28)15-18-4-9-22(29-2)23(14-18)30-3/h4-9,14H,10-13,15-16H2,1-3H3. The Labute approximate surface area is 182 Å². The van der Waals surface area contributed by atoms with Crippen LogP contribution < -0.4 is 9.47 Å². The van der Waals surface area contributed by atoms with Crippen LogP contribution in [0.15, 0.2) is 47.0 Å². The molecule has 1 fully saturated rings. The Morgan fingerprint density at radius 3 is 2.19 bits per heavy atom. The molecular formula is C24H28FN3O3. The minimum Gasteiger partial charge on any atom is -0.493 e. The van der Waals surface area contributed by atoms with Gasteiger partial charge in [-0.3, -0.25) is 9.80 Å². The van der Waals surface area contributed by atoms with Crippen LogP contribution in [0.5, 0.6) is 11.5 Å². The van der Waals surface area contributed by atoms with Gasteiger partial charge in [0.2, 0.25) is 0 Å². The third-order valence-corrected chi connectivity index (χ3v) is 5.82. The molecule has 0 N–H and O–H groups in total. The van der Waals surface area contributed by atoms with Crippen molar-refractivity contribution in [1.29, 1.82) is 0 Å². The molecule has 0 saturated carbocycles. The molecule has 4 rings (SSSR count). The Morgan fingerprint density at radius 2 is 1.55 bits per heavy atom. The summed E-state index contributed by atoms with van der Waals surface area (Å²) >= 11 is 0. The highest BCUT2D eigenvalue weighted by atomic mass is 19.1. The largest absolute Gasteiger partial charge is 0.493 e. The third-order valence-electron chi connectivity index (χ3n) is 5.82. The number of rotatable bonds is 7. The van der Waals surface area contributed by atoms with Crippen molar-refractivity contribution < 1.29 is 18.4 Å². The number of hydrogen-bond donors (Lipinski definition) is 0. The molecule has 0 radical (unpaired) electrons. The van der Waals surface area contributed by atoms with Gasteiger partial charge in [-0.25, -0.2) is 4.39 Å². The van der Waals surface area contributed by atoms with Gasteiger partial charge in [0.05, 0.1) is 14.2 Å². The Kier molecular flexibility index (Phi) is 6.53. The molecule has 31 heavy (non-hydrogen) atoms. The summed E-state index contributed by atoms with van der Waals surface area (Å²) < 4.78 is 29.5. The van der Waals surface area contributed by atoms with Gasteiger partial charge >= 0.3 is 0 Å². The van der Waals surface area contributed by atoms with E-state index in [9.17, 15) is 4.39 Å². The first-order valence-electron chi connectivity index (χ1n) is 10.4. The predicted octanol–water partition coefficient (Wildman–Crippen LogP) is 4.12. The van der Waals surface area contributed by atoms with E-state index in [0.717, 1.165) is 67.6 Å². The normalized spacial score (nSPS) is 15.2. The summed E-state index contributed by atoms with van der Waals surface area (Å²) in [4.78, 5) is 4.84. The van der Waals surface area contributed by atoms with Crippen LogP contribution in [0.1, 0.15) is 16.8 Å². The topological polar surface area (TPSA) is 51.0 Å². The zero-order chi connectivity index (χ0) is 21.8. The van der Waals surface area contributed by atoms with Crippen LogP contribution in [0, 0.1) is 12.7 Å². The number of piperazine rings is 1. The van der Waals surface area contributed by atoms with Crippen molar-refractivity contribution in [3.8, 4) is 22.8 Å². The lowest BCUT2D eigenvalue weighted by Crippen LogP contribution is -2.45. The summed E-state index contributed by atoms with van der Waals surface area (Å²) in [7, 11) is 3.31. The summed E-state index contributed by atoms with van der Waals surface area (Å²) in [6.07, 6.45) is 0. The maximum absolute atomic E-state index is 13.2. The summed E-state index contributed by atoms with van der Waals surface area (Å²) in [5.41, 5.74) is 4.01. The lowest BCUT2D eigenvalue weighted by Gasteiger charge is -2.34. The first-order valence-corrected chi connectivity index (χ1v) is 10.4. The van der Waals surface area contributed by atoms with E-state index in [1.807, 2.05) is 19.1 Å². The summed E-state index contributed by atoms with van der Waals surface area (Å²) in [5.74, 6) is 1.96. The fourth-order valence-corrected chi connectivity index (χ4v) is 3.94. The van der Waals surface area contributed by atoms with Crippen LogP contribution in [0.3, 0.4) is 0 Å². The number of aromatic nitrogens is 1. The van der Waals surface area contributed by atoms with Gasteiger partial charge in [-0.2, -0.15) is 0 Å². The highest BCUT2D eigenvalue weighted by molar-refractivity contribution is 5.61. The molecule has 0 spiro atoms. The molecule has 0 amide bonds. The molecular weight excluding hydrogens is 397 g/mol. The molecule has 1 aliphatic heterocycles. The van der Waals surface area contributed by atoms with E-state index in [1.54, 1.807) is 26.4 Å². The SMILES string of the molecule is COc1ccc(CN2CCN(Cc3noc(-c4ccc(F)cc4)c3C)CC2)cc1OC. The molecule has 0 bridgehead atoms. The highest BCUT2D eigenvalue weighted by Crippen LogP contribution is 2.29. The van der Waals surface area contributed by atoms with E-state index >= 15 is 0 Å². The van der Waals surface area contributed by atoms with E-state index in [2.05, 4.69) is 21.0 Å². The highest BCUT2D eigenvalue weighted by Gasteiger charge is 2.21. The fraction of sp³-hybridized carbons (Fsp3) is 0.375. The van der Waals surface area contributed by atoms with Crippen LogP contribution >= 0.6 is 0 Å². The van der Waals surface area contributed by atoms with E-state index < -0.39 is 0 Å². The van der Waals surface area contributed by atoms with E-state index in [-0.39, 0.29) is 5.82 Å². The molecule has 2 heterocycles. The quantitative estimate of drug-likeness (QED) is 0.568. The van der Waals surface area contributed by atoms with Crippen LogP contribution in [0.4, 0.5) is 4.39 Å². The summed E-state index contributed by atoms with van der Waals surface area (Å²) in [5, 5.41) is 4.28. The number of methoxy groups -OCH3 is 2. The van der Waals surface area contributed by atoms with Gasteiger partial charge in [0.1, 0.15) is 11.5 Å². The first kappa shape index (κ1) is 21.3. The second-order valence-corrected chi connectivity index (χ2v) is 7.83. The van der Waals surface area contributed by atoms with Crippen molar-refractivity contribution in [3.05, 3.63) is 65.1 Å². The number of nitrogens with zero attached hydrogens (tertiary/aromatic N) is 3. The molecule has 0 unspecified atom stereocenters.